The highest BCUT2D eigenvalue weighted by Gasteiger charge is 2.29. The number of aromatic nitrogens is 1. The molecule has 2 bridgehead atoms. The van der Waals surface area contributed by atoms with E-state index >= 15 is 0 Å². The van der Waals surface area contributed by atoms with Crippen LogP contribution in [0.1, 0.15) is 88.7 Å². The van der Waals surface area contributed by atoms with Gasteiger partial charge in [-0.3, -0.25) is 4.98 Å². The summed E-state index contributed by atoms with van der Waals surface area (Å²) in [5, 5.41) is 15.5. The summed E-state index contributed by atoms with van der Waals surface area (Å²) in [5.74, 6) is 0. The van der Waals surface area contributed by atoms with Crippen LogP contribution >= 0.6 is 0 Å². The van der Waals surface area contributed by atoms with E-state index in [-0.39, 0.29) is 12.1 Å². The molecule has 1 aromatic heterocycles. The first-order chi connectivity index (χ1) is 13.7. The molecule has 2 unspecified atom stereocenters. The molecule has 0 amide bonds. The Labute approximate surface area is 170 Å². The highest BCUT2D eigenvalue weighted by Crippen LogP contribution is 2.24. The van der Waals surface area contributed by atoms with Crippen molar-refractivity contribution in [2.75, 3.05) is 13.1 Å². The van der Waals surface area contributed by atoms with Gasteiger partial charge in [0, 0.05) is 49.3 Å². The zero-order valence-electron chi connectivity index (χ0n) is 17.7. The van der Waals surface area contributed by atoms with Crippen molar-refractivity contribution in [1.82, 2.24) is 26.3 Å². The summed E-state index contributed by atoms with van der Waals surface area (Å²) >= 11 is 0. The normalized spacial score (nSPS) is 37.8. The van der Waals surface area contributed by atoms with Gasteiger partial charge >= 0.3 is 0 Å². The van der Waals surface area contributed by atoms with Gasteiger partial charge in [-0.05, 0) is 51.7 Å². The molecule has 6 atom stereocenters. The molecule has 0 spiro atoms. The molecule has 3 aliphatic rings. The lowest BCUT2D eigenvalue weighted by Crippen LogP contribution is -2.54. The van der Waals surface area contributed by atoms with Gasteiger partial charge in [0.05, 0.1) is 11.4 Å². The number of nitrogens with zero attached hydrogens (tertiary/aromatic N) is 1. The quantitative estimate of drug-likeness (QED) is 0.552. The molecule has 4 N–H and O–H groups in total. The van der Waals surface area contributed by atoms with Crippen molar-refractivity contribution < 1.29 is 0 Å². The molecule has 0 radical (unpaired) electrons. The Morgan fingerprint density at radius 1 is 0.679 bits per heavy atom. The highest BCUT2D eigenvalue weighted by atomic mass is 15.1. The van der Waals surface area contributed by atoms with Gasteiger partial charge in [0.15, 0.2) is 0 Å². The van der Waals surface area contributed by atoms with Crippen LogP contribution < -0.4 is 21.3 Å². The maximum atomic E-state index is 5.06. The molecule has 1 aromatic rings. The lowest BCUT2D eigenvalue weighted by Gasteiger charge is -2.36. The fraction of sp³-hybridized carbons (Fsp3) is 0.783. The van der Waals surface area contributed by atoms with Crippen LogP contribution in [0.3, 0.4) is 0 Å². The molecular weight excluding hydrogens is 346 g/mol. The maximum absolute atomic E-state index is 5.06. The van der Waals surface area contributed by atoms with Gasteiger partial charge in [-0.15, -0.1) is 0 Å². The van der Waals surface area contributed by atoms with E-state index in [1.54, 1.807) is 0 Å². The molecule has 5 heteroatoms. The third-order valence-corrected chi connectivity index (χ3v) is 7.08. The summed E-state index contributed by atoms with van der Waals surface area (Å²) < 4.78 is 0. The van der Waals surface area contributed by atoms with Gasteiger partial charge in [-0.25, -0.2) is 0 Å². The Bertz CT molecular complexity index is 572. The minimum absolute atomic E-state index is 0.283. The number of nitrogens with one attached hydrogen (secondary N) is 4. The van der Waals surface area contributed by atoms with E-state index in [0.717, 1.165) is 13.1 Å². The van der Waals surface area contributed by atoms with Gasteiger partial charge in [0.2, 0.25) is 0 Å². The summed E-state index contributed by atoms with van der Waals surface area (Å²) in [6.45, 7) is 6.66. The predicted molar refractivity (Wildman–Crippen MR) is 115 cm³/mol. The molecule has 1 aliphatic heterocycles. The Morgan fingerprint density at radius 3 is 1.57 bits per heavy atom. The van der Waals surface area contributed by atoms with Crippen molar-refractivity contribution in [3.63, 3.8) is 0 Å². The van der Waals surface area contributed by atoms with E-state index in [0.29, 0.717) is 24.2 Å². The first-order valence-electron chi connectivity index (χ1n) is 11.7. The number of hydrogen-bond donors (Lipinski definition) is 4. The van der Waals surface area contributed by atoms with Gasteiger partial charge in [0.25, 0.3) is 0 Å². The molecule has 156 valence electrons. The zero-order chi connectivity index (χ0) is 19.3. The zero-order valence-corrected chi connectivity index (χ0v) is 17.7. The second-order valence-electron chi connectivity index (χ2n) is 9.17. The number of rotatable bonds is 0. The van der Waals surface area contributed by atoms with E-state index in [1.807, 2.05) is 0 Å². The van der Waals surface area contributed by atoms with Gasteiger partial charge in [0.1, 0.15) is 0 Å². The Kier molecular flexibility index (Phi) is 6.99. The average molecular weight is 386 g/mol. The third-order valence-electron chi connectivity index (χ3n) is 7.08. The van der Waals surface area contributed by atoms with Crippen molar-refractivity contribution in [3.05, 3.63) is 29.6 Å². The first kappa shape index (κ1) is 20.3. The van der Waals surface area contributed by atoms with Gasteiger partial charge in [-0.1, -0.05) is 31.7 Å². The van der Waals surface area contributed by atoms with Crippen LogP contribution in [0.25, 0.3) is 0 Å². The van der Waals surface area contributed by atoms with Crippen molar-refractivity contribution in [2.24, 2.45) is 0 Å². The summed E-state index contributed by atoms with van der Waals surface area (Å²) in [6.07, 6.45) is 10.4. The molecule has 2 saturated carbocycles. The molecule has 4 rings (SSSR count). The van der Waals surface area contributed by atoms with Crippen LogP contribution in [0, 0.1) is 0 Å². The van der Waals surface area contributed by atoms with Crippen LogP contribution in [-0.2, 0) is 0 Å². The second-order valence-corrected chi connectivity index (χ2v) is 9.17. The van der Waals surface area contributed by atoms with Crippen LogP contribution in [0.5, 0.6) is 0 Å². The van der Waals surface area contributed by atoms with E-state index < -0.39 is 0 Å². The van der Waals surface area contributed by atoms with Crippen molar-refractivity contribution in [3.8, 4) is 0 Å². The fourth-order valence-corrected chi connectivity index (χ4v) is 5.43. The second kappa shape index (κ2) is 9.66. The summed E-state index contributed by atoms with van der Waals surface area (Å²) in [6, 6.07) is 9.34. The average Bonchev–Trinajstić information content (AvgIpc) is 2.73. The SMILES string of the molecule is C[C@@H]1NC2CCCC[C@H]2NCCN[C@@H]2CCCCC2N[C@@H](C)c2cccc1n2. The number of hydrogen-bond acceptors (Lipinski definition) is 5. The topological polar surface area (TPSA) is 61.0 Å². The monoisotopic (exact) mass is 385 g/mol. The summed E-state index contributed by atoms with van der Waals surface area (Å²) in [7, 11) is 0. The number of fused-ring (bicyclic) bond motifs is 4. The standard InChI is InChI=1S/C23H39N5/c1-16-18-12-7-13-19(28-18)17(2)27-23-11-6-4-9-21(23)25-15-14-24-20-8-3-5-10-22(20)26-16/h7,12-13,16-17,20-27H,3-6,8-11,14-15H2,1-2H3/t16-,17-,20+,21+,22?,23?/m0/s1. The first-order valence-corrected chi connectivity index (χ1v) is 11.7. The largest absolute Gasteiger partial charge is 0.311 e. The van der Waals surface area contributed by atoms with Crippen LogP contribution in [0.4, 0.5) is 0 Å². The van der Waals surface area contributed by atoms with Crippen molar-refractivity contribution in [1.29, 1.82) is 0 Å². The smallest absolute Gasteiger partial charge is 0.0574 e. The minimum atomic E-state index is 0.283. The van der Waals surface area contributed by atoms with Crippen LogP contribution in [0.15, 0.2) is 18.2 Å². The molecule has 0 saturated heterocycles. The van der Waals surface area contributed by atoms with Crippen LogP contribution in [-0.4, -0.2) is 42.2 Å². The van der Waals surface area contributed by atoms with E-state index in [9.17, 15) is 0 Å². The van der Waals surface area contributed by atoms with E-state index in [4.69, 9.17) is 4.98 Å². The Morgan fingerprint density at radius 2 is 1.11 bits per heavy atom. The third kappa shape index (κ3) is 4.93. The summed E-state index contributed by atoms with van der Waals surface area (Å²) in [5.41, 5.74) is 2.34. The van der Waals surface area contributed by atoms with E-state index in [2.05, 4.69) is 53.3 Å². The van der Waals surface area contributed by atoms with Crippen molar-refractivity contribution in [2.45, 2.75) is 101 Å². The van der Waals surface area contributed by atoms with E-state index in [1.165, 1.54) is 62.8 Å². The molecule has 0 aromatic carbocycles. The molecule has 5 nitrogen and oxygen atoms in total. The predicted octanol–water partition coefficient (Wildman–Crippen LogP) is 3.20. The molecular formula is C23H39N5. The van der Waals surface area contributed by atoms with Crippen LogP contribution in [0.2, 0.25) is 0 Å². The van der Waals surface area contributed by atoms with Crippen molar-refractivity contribution >= 4 is 0 Å². The molecule has 2 heterocycles. The Balaban J connectivity index is 1.56. The summed E-state index contributed by atoms with van der Waals surface area (Å²) in [4.78, 5) is 5.06. The lowest BCUT2D eigenvalue weighted by molar-refractivity contribution is 0.254. The lowest BCUT2D eigenvalue weighted by atomic mass is 9.89. The molecule has 2 aliphatic carbocycles. The molecule has 2 fully saturated rings. The Hall–Kier alpha value is -1.01. The highest BCUT2D eigenvalue weighted by molar-refractivity contribution is 5.17. The number of pyridine rings is 1. The molecule has 28 heavy (non-hydrogen) atoms. The minimum Gasteiger partial charge on any atom is -0.311 e. The maximum Gasteiger partial charge on any atom is 0.0574 e. The fourth-order valence-electron chi connectivity index (χ4n) is 5.43. The van der Waals surface area contributed by atoms with Gasteiger partial charge in [-0.2, -0.15) is 0 Å². The van der Waals surface area contributed by atoms with Gasteiger partial charge < -0.3 is 21.3 Å².